The van der Waals surface area contributed by atoms with Crippen molar-refractivity contribution < 1.29 is 23.0 Å². The molecule has 0 aliphatic carbocycles. The summed E-state index contributed by atoms with van der Waals surface area (Å²) in [6, 6.07) is 13.3. The highest BCUT2D eigenvalue weighted by Gasteiger charge is 2.07. The maximum absolute atomic E-state index is 12.0. The summed E-state index contributed by atoms with van der Waals surface area (Å²) in [5.41, 5.74) is 1.56. The molecular weight excluding hydrogens is 358 g/mol. The van der Waals surface area contributed by atoms with E-state index < -0.39 is 6.61 Å². The van der Waals surface area contributed by atoms with Crippen LogP contribution >= 0.6 is 15.9 Å². The van der Waals surface area contributed by atoms with Crippen LogP contribution in [0.15, 0.2) is 53.0 Å². The third-order valence-electron chi connectivity index (χ3n) is 2.81. The molecule has 0 atom stereocenters. The predicted molar refractivity (Wildman–Crippen MR) is 80.7 cm³/mol. The van der Waals surface area contributed by atoms with Crippen molar-refractivity contribution in [2.45, 2.75) is 19.6 Å². The Morgan fingerprint density at radius 2 is 1.59 bits per heavy atom. The number of hydrogen-bond donors (Lipinski definition) is 0. The number of esters is 1. The highest BCUT2D eigenvalue weighted by molar-refractivity contribution is 9.10. The molecule has 2 aromatic rings. The van der Waals surface area contributed by atoms with Gasteiger partial charge < -0.3 is 9.47 Å². The van der Waals surface area contributed by atoms with E-state index >= 15 is 0 Å². The van der Waals surface area contributed by atoms with Gasteiger partial charge in [0.15, 0.2) is 0 Å². The predicted octanol–water partition coefficient (Wildman–Crippen LogP) is 4.34. The maximum Gasteiger partial charge on any atom is 0.387 e. The Labute approximate surface area is 135 Å². The Morgan fingerprint density at radius 3 is 2.18 bits per heavy atom. The van der Waals surface area contributed by atoms with Gasteiger partial charge in [0, 0.05) is 4.47 Å². The standard InChI is InChI=1S/C16H13BrF2O3/c17-13-5-1-11(2-6-13)9-15(20)21-10-12-3-7-14(8-4-12)22-16(18)19/h1-8,16H,9-10H2. The molecule has 0 aliphatic heterocycles. The fourth-order valence-electron chi connectivity index (χ4n) is 1.75. The number of carbonyl (C=O) groups is 1. The molecule has 2 aromatic carbocycles. The van der Waals surface area contributed by atoms with Crippen LogP contribution in [0.25, 0.3) is 0 Å². The van der Waals surface area contributed by atoms with Crippen LogP contribution in [0, 0.1) is 0 Å². The van der Waals surface area contributed by atoms with Crippen molar-refractivity contribution in [1.82, 2.24) is 0 Å². The molecule has 0 aromatic heterocycles. The minimum Gasteiger partial charge on any atom is -0.461 e. The summed E-state index contributed by atoms with van der Waals surface area (Å²) in [6.45, 7) is -2.76. The zero-order chi connectivity index (χ0) is 15.9. The first kappa shape index (κ1) is 16.4. The first-order chi connectivity index (χ1) is 10.5. The van der Waals surface area contributed by atoms with Gasteiger partial charge in [-0.3, -0.25) is 4.79 Å². The number of benzene rings is 2. The highest BCUT2D eigenvalue weighted by atomic mass is 79.9. The van der Waals surface area contributed by atoms with E-state index in [9.17, 15) is 13.6 Å². The second-order valence-corrected chi connectivity index (χ2v) is 5.40. The van der Waals surface area contributed by atoms with Crippen LogP contribution < -0.4 is 4.74 Å². The topological polar surface area (TPSA) is 35.5 Å². The molecule has 0 saturated carbocycles. The van der Waals surface area contributed by atoms with Crippen molar-refractivity contribution in [2.75, 3.05) is 0 Å². The van der Waals surface area contributed by atoms with Crippen molar-refractivity contribution >= 4 is 21.9 Å². The molecule has 6 heteroatoms. The van der Waals surface area contributed by atoms with E-state index in [1.165, 1.54) is 12.1 Å². The number of carbonyl (C=O) groups excluding carboxylic acids is 1. The zero-order valence-electron chi connectivity index (χ0n) is 11.5. The van der Waals surface area contributed by atoms with Gasteiger partial charge in [0.05, 0.1) is 6.42 Å². The Balaban J connectivity index is 1.81. The largest absolute Gasteiger partial charge is 0.461 e. The van der Waals surface area contributed by atoms with Crippen molar-refractivity contribution in [3.05, 3.63) is 64.1 Å². The molecule has 116 valence electrons. The van der Waals surface area contributed by atoms with Crippen LogP contribution in [-0.4, -0.2) is 12.6 Å². The molecule has 0 heterocycles. The molecule has 0 fully saturated rings. The zero-order valence-corrected chi connectivity index (χ0v) is 13.1. The molecule has 0 bridgehead atoms. The molecule has 22 heavy (non-hydrogen) atoms. The van der Waals surface area contributed by atoms with Crippen molar-refractivity contribution in [1.29, 1.82) is 0 Å². The second kappa shape index (κ2) is 7.89. The van der Waals surface area contributed by atoms with Crippen molar-refractivity contribution in [3.63, 3.8) is 0 Å². The van der Waals surface area contributed by atoms with Gasteiger partial charge in [-0.1, -0.05) is 40.2 Å². The summed E-state index contributed by atoms with van der Waals surface area (Å²) in [4.78, 5) is 11.7. The number of rotatable bonds is 6. The van der Waals surface area contributed by atoms with E-state index in [0.717, 1.165) is 10.0 Å². The van der Waals surface area contributed by atoms with Crippen LogP contribution in [0.5, 0.6) is 5.75 Å². The first-order valence-electron chi connectivity index (χ1n) is 6.47. The van der Waals surface area contributed by atoms with E-state index in [1.807, 2.05) is 24.3 Å². The molecule has 0 radical (unpaired) electrons. The van der Waals surface area contributed by atoms with E-state index in [1.54, 1.807) is 12.1 Å². The number of ether oxygens (including phenoxy) is 2. The summed E-state index contributed by atoms with van der Waals surface area (Å²) in [6.07, 6.45) is 0.180. The molecular formula is C16H13BrF2O3. The van der Waals surface area contributed by atoms with E-state index in [4.69, 9.17) is 4.74 Å². The fraction of sp³-hybridized carbons (Fsp3) is 0.188. The van der Waals surface area contributed by atoms with Gasteiger partial charge in [-0.2, -0.15) is 8.78 Å². The Morgan fingerprint density at radius 1 is 1.00 bits per heavy atom. The summed E-state index contributed by atoms with van der Waals surface area (Å²) in [5.74, 6) is -0.282. The van der Waals surface area contributed by atoms with E-state index in [0.29, 0.717) is 5.56 Å². The van der Waals surface area contributed by atoms with Crippen molar-refractivity contribution in [2.24, 2.45) is 0 Å². The molecule has 0 saturated heterocycles. The van der Waals surface area contributed by atoms with Gasteiger partial charge in [0.1, 0.15) is 12.4 Å². The van der Waals surface area contributed by atoms with Gasteiger partial charge in [-0.05, 0) is 35.4 Å². The quantitative estimate of drug-likeness (QED) is 0.709. The van der Waals surface area contributed by atoms with Crippen LogP contribution in [0.4, 0.5) is 8.78 Å². The van der Waals surface area contributed by atoms with Crippen molar-refractivity contribution in [3.8, 4) is 5.75 Å². The lowest BCUT2D eigenvalue weighted by Gasteiger charge is -2.07. The normalized spacial score (nSPS) is 10.5. The van der Waals surface area contributed by atoms with Gasteiger partial charge in [-0.25, -0.2) is 0 Å². The third-order valence-corrected chi connectivity index (χ3v) is 3.34. The summed E-state index contributed by atoms with van der Waals surface area (Å²) >= 11 is 3.32. The molecule has 0 aliphatic rings. The minimum atomic E-state index is -2.85. The molecule has 3 nitrogen and oxygen atoms in total. The van der Waals surface area contributed by atoms with E-state index in [2.05, 4.69) is 20.7 Å². The smallest absolute Gasteiger partial charge is 0.387 e. The SMILES string of the molecule is O=C(Cc1ccc(Br)cc1)OCc1ccc(OC(F)F)cc1. The number of hydrogen-bond acceptors (Lipinski definition) is 3. The van der Waals surface area contributed by atoms with Crippen LogP contribution in [0.2, 0.25) is 0 Å². The number of halogens is 3. The lowest BCUT2D eigenvalue weighted by molar-refractivity contribution is -0.144. The lowest BCUT2D eigenvalue weighted by atomic mass is 10.1. The monoisotopic (exact) mass is 370 g/mol. The number of alkyl halides is 2. The van der Waals surface area contributed by atoms with Crippen LogP contribution in [-0.2, 0) is 22.6 Å². The summed E-state index contributed by atoms with van der Waals surface area (Å²) < 4.78 is 34.3. The second-order valence-electron chi connectivity index (χ2n) is 4.49. The van der Waals surface area contributed by atoms with Crippen LogP contribution in [0.1, 0.15) is 11.1 Å². The Kier molecular flexibility index (Phi) is 5.89. The fourth-order valence-corrected chi connectivity index (χ4v) is 2.02. The average Bonchev–Trinajstić information content (AvgIpc) is 2.48. The lowest BCUT2D eigenvalue weighted by Crippen LogP contribution is -2.08. The van der Waals surface area contributed by atoms with Gasteiger partial charge in [-0.15, -0.1) is 0 Å². The maximum atomic E-state index is 12.0. The van der Waals surface area contributed by atoms with E-state index in [-0.39, 0.29) is 24.7 Å². The Bertz CT molecular complexity index is 612. The Hall–Kier alpha value is -1.95. The molecule has 2 rings (SSSR count). The van der Waals surface area contributed by atoms with Gasteiger partial charge in [0.25, 0.3) is 0 Å². The average molecular weight is 371 g/mol. The third kappa shape index (κ3) is 5.44. The molecule has 0 amide bonds. The highest BCUT2D eigenvalue weighted by Crippen LogP contribution is 2.16. The van der Waals surface area contributed by atoms with Gasteiger partial charge in [0.2, 0.25) is 0 Å². The summed E-state index contributed by atoms with van der Waals surface area (Å²) in [5, 5.41) is 0. The first-order valence-corrected chi connectivity index (χ1v) is 7.26. The molecule has 0 unspecified atom stereocenters. The summed E-state index contributed by atoms with van der Waals surface area (Å²) in [7, 11) is 0. The van der Waals surface area contributed by atoms with Gasteiger partial charge >= 0.3 is 12.6 Å². The molecule has 0 spiro atoms. The molecule has 0 N–H and O–H groups in total. The van der Waals surface area contributed by atoms with Crippen LogP contribution in [0.3, 0.4) is 0 Å². The minimum absolute atomic E-state index is 0.0694.